The third kappa shape index (κ3) is 5.00. The molecule has 0 bridgehead atoms. The lowest BCUT2D eigenvalue weighted by Gasteiger charge is -2.07. The molecule has 0 aliphatic carbocycles. The van der Waals surface area contributed by atoms with Crippen LogP contribution >= 0.6 is 11.8 Å². The molecule has 7 nitrogen and oxygen atoms in total. The summed E-state index contributed by atoms with van der Waals surface area (Å²) in [6, 6.07) is 10.4. The van der Waals surface area contributed by atoms with E-state index in [0.29, 0.717) is 17.8 Å². The summed E-state index contributed by atoms with van der Waals surface area (Å²) in [6.45, 7) is 0.424. The van der Waals surface area contributed by atoms with Crippen LogP contribution in [0, 0.1) is 11.6 Å². The highest BCUT2D eigenvalue weighted by Gasteiger charge is 2.12. The molecule has 1 amide bonds. The molecule has 0 atom stereocenters. The summed E-state index contributed by atoms with van der Waals surface area (Å²) in [7, 11) is 1.59. The van der Waals surface area contributed by atoms with E-state index in [-0.39, 0.29) is 11.4 Å². The molecule has 0 aliphatic heterocycles. The van der Waals surface area contributed by atoms with Crippen LogP contribution in [0.2, 0.25) is 0 Å². The number of rotatable bonds is 7. The highest BCUT2D eigenvalue weighted by Crippen LogP contribution is 2.19. The van der Waals surface area contributed by atoms with Crippen molar-refractivity contribution in [1.29, 1.82) is 0 Å². The van der Waals surface area contributed by atoms with Crippen molar-refractivity contribution in [3.8, 4) is 5.75 Å². The van der Waals surface area contributed by atoms with E-state index in [1.807, 2.05) is 24.3 Å². The van der Waals surface area contributed by atoms with Gasteiger partial charge in [-0.05, 0) is 40.3 Å². The minimum atomic E-state index is -0.835. The molecular formula is C17H15F2N5O2S. The lowest BCUT2D eigenvalue weighted by Crippen LogP contribution is -2.16. The smallest absolute Gasteiger partial charge is 0.234 e. The Labute approximate surface area is 157 Å². The Morgan fingerprint density at radius 2 is 2.00 bits per heavy atom. The van der Waals surface area contributed by atoms with Crippen molar-refractivity contribution in [2.75, 3.05) is 18.2 Å². The van der Waals surface area contributed by atoms with Crippen LogP contribution in [0.5, 0.6) is 5.75 Å². The van der Waals surface area contributed by atoms with Gasteiger partial charge in [0.15, 0.2) is 0 Å². The Hall–Kier alpha value is -3.01. The number of thioether (sulfide) groups is 1. The molecule has 0 aliphatic rings. The number of hydrogen-bond donors (Lipinski definition) is 1. The molecule has 3 rings (SSSR count). The largest absolute Gasteiger partial charge is 0.497 e. The summed E-state index contributed by atoms with van der Waals surface area (Å²) < 4.78 is 33.1. The van der Waals surface area contributed by atoms with Crippen LogP contribution in [0.15, 0.2) is 47.6 Å². The highest BCUT2D eigenvalue weighted by molar-refractivity contribution is 7.99. The van der Waals surface area contributed by atoms with Gasteiger partial charge in [-0.3, -0.25) is 4.79 Å². The zero-order valence-corrected chi connectivity index (χ0v) is 15.0. The summed E-state index contributed by atoms with van der Waals surface area (Å²) in [5, 5.41) is 14.3. The summed E-state index contributed by atoms with van der Waals surface area (Å²) in [6.07, 6.45) is 0. The van der Waals surface area contributed by atoms with Crippen molar-refractivity contribution in [3.63, 3.8) is 0 Å². The molecule has 1 N–H and O–H groups in total. The Kier molecular flexibility index (Phi) is 5.97. The Bertz CT molecular complexity index is 933. The number of benzene rings is 2. The molecule has 140 valence electrons. The fraction of sp³-hybridized carbons (Fsp3) is 0.176. The summed E-state index contributed by atoms with van der Waals surface area (Å²) in [5.41, 5.74) is 0.877. The molecule has 0 radical (unpaired) electrons. The van der Waals surface area contributed by atoms with E-state index in [1.54, 1.807) is 11.8 Å². The van der Waals surface area contributed by atoms with Crippen LogP contribution in [-0.2, 0) is 11.3 Å². The number of methoxy groups -OCH3 is 1. The maximum Gasteiger partial charge on any atom is 0.234 e. The van der Waals surface area contributed by atoms with Gasteiger partial charge in [0.05, 0.1) is 25.1 Å². The van der Waals surface area contributed by atoms with Gasteiger partial charge < -0.3 is 10.1 Å². The SMILES string of the molecule is COc1ccc(Cn2nnnc2SCC(=O)Nc2ccc(F)cc2F)cc1. The van der Waals surface area contributed by atoms with Crippen LogP contribution in [0.4, 0.5) is 14.5 Å². The third-order valence-corrected chi connectivity index (χ3v) is 4.49. The molecule has 2 aromatic carbocycles. The molecule has 1 aromatic heterocycles. The molecule has 0 fully saturated rings. The van der Waals surface area contributed by atoms with Gasteiger partial charge in [0.2, 0.25) is 11.1 Å². The van der Waals surface area contributed by atoms with Crippen molar-refractivity contribution in [2.45, 2.75) is 11.7 Å². The number of halogens is 2. The third-order valence-electron chi connectivity index (χ3n) is 3.53. The second-order valence-electron chi connectivity index (χ2n) is 5.43. The number of anilines is 1. The quantitative estimate of drug-likeness (QED) is 0.624. The lowest BCUT2D eigenvalue weighted by atomic mass is 10.2. The minimum Gasteiger partial charge on any atom is -0.497 e. The van der Waals surface area contributed by atoms with Gasteiger partial charge in [-0.15, -0.1) is 5.10 Å². The summed E-state index contributed by atoms with van der Waals surface area (Å²) in [4.78, 5) is 12.0. The molecular weight excluding hydrogens is 376 g/mol. The van der Waals surface area contributed by atoms with Crippen molar-refractivity contribution in [1.82, 2.24) is 20.2 Å². The number of amides is 1. The lowest BCUT2D eigenvalue weighted by molar-refractivity contribution is -0.113. The predicted molar refractivity (Wildman–Crippen MR) is 95.6 cm³/mol. The van der Waals surface area contributed by atoms with E-state index in [9.17, 15) is 13.6 Å². The number of carbonyl (C=O) groups excluding carboxylic acids is 1. The fourth-order valence-corrected chi connectivity index (χ4v) is 2.89. The molecule has 0 saturated heterocycles. The molecule has 0 spiro atoms. The van der Waals surface area contributed by atoms with Crippen molar-refractivity contribution >= 4 is 23.4 Å². The topological polar surface area (TPSA) is 81.9 Å². The fourth-order valence-electron chi connectivity index (χ4n) is 2.21. The van der Waals surface area contributed by atoms with Crippen molar-refractivity contribution in [3.05, 3.63) is 59.7 Å². The second kappa shape index (κ2) is 8.58. The van der Waals surface area contributed by atoms with Crippen LogP contribution in [-0.4, -0.2) is 39.0 Å². The van der Waals surface area contributed by atoms with Crippen molar-refractivity contribution < 1.29 is 18.3 Å². The number of nitrogens with one attached hydrogen (secondary N) is 1. The standard InChI is InChI=1S/C17H15F2N5O2S/c1-26-13-5-2-11(3-6-13)9-24-17(21-22-23-24)27-10-16(25)20-15-7-4-12(18)8-14(15)19/h2-8H,9-10H2,1H3,(H,20,25). The van der Waals surface area contributed by atoms with Crippen LogP contribution in [0.25, 0.3) is 0 Å². The zero-order valence-electron chi connectivity index (χ0n) is 14.2. The van der Waals surface area contributed by atoms with Gasteiger partial charge in [0.1, 0.15) is 17.4 Å². The number of carbonyl (C=O) groups is 1. The molecule has 1 heterocycles. The average molecular weight is 391 g/mol. The van der Waals surface area contributed by atoms with Crippen LogP contribution in [0.1, 0.15) is 5.56 Å². The number of tetrazole rings is 1. The van der Waals surface area contributed by atoms with Crippen LogP contribution in [0.3, 0.4) is 0 Å². The molecule has 3 aromatic rings. The first-order valence-electron chi connectivity index (χ1n) is 7.82. The summed E-state index contributed by atoms with van der Waals surface area (Å²) in [5.74, 6) is -1.28. The zero-order chi connectivity index (χ0) is 19.2. The number of nitrogens with zero attached hydrogens (tertiary/aromatic N) is 4. The number of ether oxygens (including phenoxy) is 1. The van der Waals surface area contributed by atoms with Gasteiger partial charge in [0.25, 0.3) is 0 Å². The van der Waals surface area contributed by atoms with Gasteiger partial charge >= 0.3 is 0 Å². The maximum atomic E-state index is 13.6. The van der Waals surface area contributed by atoms with E-state index in [1.165, 1.54) is 6.07 Å². The van der Waals surface area contributed by atoms with E-state index in [0.717, 1.165) is 29.1 Å². The normalized spacial score (nSPS) is 10.6. The number of hydrogen-bond acceptors (Lipinski definition) is 6. The van der Waals surface area contributed by atoms with Crippen molar-refractivity contribution in [2.24, 2.45) is 0 Å². The second-order valence-corrected chi connectivity index (χ2v) is 6.37. The van der Waals surface area contributed by atoms with E-state index in [4.69, 9.17) is 4.74 Å². The molecule has 0 saturated carbocycles. The monoisotopic (exact) mass is 391 g/mol. The average Bonchev–Trinajstić information content (AvgIpc) is 3.10. The Balaban J connectivity index is 1.58. The Morgan fingerprint density at radius 3 is 2.70 bits per heavy atom. The van der Waals surface area contributed by atoms with E-state index < -0.39 is 17.5 Å². The van der Waals surface area contributed by atoms with E-state index in [2.05, 4.69) is 20.8 Å². The van der Waals surface area contributed by atoms with Gasteiger partial charge in [-0.25, -0.2) is 13.5 Å². The Morgan fingerprint density at radius 1 is 1.22 bits per heavy atom. The highest BCUT2D eigenvalue weighted by atomic mass is 32.2. The first-order chi connectivity index (χ1) is 13.0. The first-order valence-corrected chi connectivity index (χ1v) is 8.80. The van der Waals surface area contributed by atoms with Gasteiger partial charge in [-0.2, -0.15) is 0 Å². The summed E-state index contributed by atoms with van der Waals surface area (Å²) >= 11 is 1.11. The number of aromatic nitrogens is 4. The van der Waals surface area contributed by atoms with Crippen LogP contribution < -0.4 is 10.1 Å². The van der Waals surface area contributed by atoms with Gasteiger partial charge in [0, 0.05) is 6.07 Å². The molecule has 27 heavy (non-hydrogen) atoms. The molecule has 0 unspecified atom stereocenters. The van der Waals surface area contributed by atoms with Gasteiger partial charge in [-0.1, -0.05) is 23.9 Å². The van der Waals surface area contributed by atoms with E-state index >= 15 is 0 Å². The maximum absolute atomic E-state index is 13.6. The first kappa shape index (κ1) is 18.8. The minimum absolute atomic E-state index is 0.0280. The predicted octanol–water partition coefficient (Wildman–Crippen LogP) is 2.74. The molecule has 10 heteroatoms.